The highest BCUT2D eigenvalue weighted by atomic mass is 16.1. The molecule has 10 heavy (non-hydrogen) atoms. The van der Waals surface area contributed by atoms with E-state index < -0.39 is 0 Å². The number of aromatic nitrogens is 2. The quantitative estimate of drug-likeness (QED) is 0.381. The van der Waals surface area contributed by atoms with Crippen LogP contribution in [0.5, 0.6) is 0 Å². The van der Waals surface area contributed by atoms with Crippen LogP contribution >= 0.6 is 0 Å². The van der Waals surface area contributed by atoms with E-state index in [9.17, 15) is 4.79 Å². The summed E-state index contributed by atoms with van der Waals surface area (Å²) in [6.45, 7) is 1.41. The lowest BCUT2D eigenvalue weighted by Gasteiger charge is -1.92. The van der Waals surface area contributed by atoms with E-state index in [0.29, 0.717) is 5.46 Å². The smallest absolute Gasteiger partial charge is 0.196 e. The minimum atomic E-state index is -0.153. The SMILES string of the molecule is [B]c1cnc(C(C)=O)nc1. The van der Waals surface area contributed by atoms with Crippen molar-refractivity contribution >= 4 is 19.1 Å². The number of carbonyl (C=O) groups is 1. The molecule has 0 bridgehead atoms. The van der Waals surface area contributed by atoms with Gasteiger partial charge in [0, 0.05) is 19.3 Å². The average molecular weight is 132 g/mol. The molecule has 0 aromatic carbocycles. The Balaban J connectivity index is 3.00. The summed E-state index contributed by atoms with van der Waals surface area (Å²) in [5, 5.41) is 0. The molecule has 2 radical (unpaired) electrons. The largest absolute Gasteiger partial charge is 0.291 e. The van der Waals surface area contributed by atoms with Gasteiger partial charge in [-0.1, -0.05) is 5.46 Å². The zero-order chi connectivity index (χ0) is 7.56. The van der Waals surface area contributed by atoms with Crippen molar-refractivity contribution in [3.8, 4) is 0 Å². The monoisotopic (exact) mass is 132 g/mol. The molecule has 0 amide bonds. The van der Waals surface area contributed by atoms with E-state index in [1.165, 1.54) is 19.3 Å². The summed E-state index contributed by atoms with van der Waals surface area (Å²) in [5.74, 6) is 0.0502. The van der Waals surface area contributed by atoms with Crippen LogP contribution in [0.2, 0.25) is 0 Å². The predicted molar refractivity (Wildman–Crippen MR) is 37.4 cm³/mol. The second-order valence-corrected chi connectivity index (χ2v) is 1.90. The minimum absolute atomic E-state index is 0.153. The summed E-state index contributed by atoms with van der Waals surface area (Å²) >= 11 is 0. The van der Waals surface area contributed by atoms with Crippen LogP contribution in [0, 0.1) is 0 Å². The van der Waals surface area contributed by atoms with Gasteiger partial charge in [-0.2, -0.15) is 0 Å². The van der Waals surface area contributed by atoms with Crippen molar-refractivity contribution in [2.45, 2.75) is 6.92 Å². The number of hydrogen-bond acceptors (Lipinski definition) is 3. The van der Waals surface area contributed by atoms with Crippen LogP contribution in [-0.2, 0) is 0 Å². The first-order chi connectivity index (χ1) is 4.70. The fraction of sp³-hybridized carbons (Fsp3) is 0.167. The Morgan fingerprint density at radius 2 is 2.00 bits per heavy atom. The first kappa shape index (κ1) is 6.93. The number of nitrogens with zero attached hydrogens (tertiary/aromatic N) is 2. The lowest BCUT2D eigenvalue weighted by molar-refractivity contribution is 0.100. The molecule has 0 saturated carbocycles. The number of rotatable bonds is 1. The van der Waals surface area contributed by atoms with Gasteiger partial charge in [-0.3, -0.25) is 4.79 Å². The Morgan fingerprint density at radius 3 is 2.40 bits per heavy atom. The highest BCUT2D eigenvalue weighted by Crippen LogP contribution is 1.84. The maximum Gasteiger partial charge on any atom is 0.196 e. The maximum absolute atomic E-state index is 10.6. The van der Waals surface area contributed by atoms with Gasteiger partial charge in [-0.25, -0.2) is 9.97 Å². The van der Waals surface area contributed by atoms with Crippen LogP contribution in [-0.4, -0.2) is 23.6 Å². The summed E-state index contributed by atoms with van der Waals surface area (Å²) in [6, 6.07) is 0. The Morgan fingerprint density at radius 1 is 1.50 bits per heavy atom. The molecule has 1 rings (SSSR count). The molecule has 0 spiro atoms. The summed E-state index contributed by atoms with van der Waals surface area (Å²) in [7, 11) is 5.29. The summed E-state index contributed by atoms with van der Waals surface area (Å²) in [4.78, 5) is 18.0. The number of Topliss-reactive ketones (excluding diaryl/α,β-unsaturated/α-hetero) is 1. The van der Waals surface area contributed by atoms with E-state index in [4.69, 9.17) is 7.85 Å². The third kappa shape index (κ3) is 1.40. The van der Waals surface area contributed by atoms with Gasteiger partial charge in [0.05, 0.1) is 0 Å². The zero-order valence-corrected chi connectivity index (χ0v) is 5.53. The number of hydrogen-bond donors (Lipinski definition) is 0. The predicted octanol–water partition coefficient (Wildman–Crippen LogP) is -0.527. The second kappa shape index (κ2) is 2.60. The lowest BCUT2D eigenvalue weighted by Crippen LogP contribution is -2.09. The van der Waals surface area contributed by atoms with Gasteiger partial charge in [0.1, 0.15) is 7.85 Å². The van der Waals surface area contributed by atoms with Crippen molar-refractivity contribution in [2.24, 2.45) is 0 Å². The van der Waals surface area contributed by atoms with Crippen molar-refractivity contribution in [1.29, 1.82) is 0 Å². The lowest BCUT2D eigenvalue weighted by atomic mass is 10.0. The van der Waals surface area contributed by atoms with E-state index in [0.717, 1.165) is 0 Å². The molecule has 1 aromatic heterocycles. The molecule has 1 aromatic rings. The van der Waals surface area contributed by atoms with Crippen LogP contribution < -0.4 is 5.46 Å². The topological polar surface area (TPSA) is 42.9 Å². The third-order valence-electron chi connectivity index (χ3n) is 0.987. The van der Waals surface area contributed by atoms with Crippen molar-refractivity contribution in [3.63, 3.8) is 0 Å². The number of carbonyl (C=O) groups excluding carboxylic acids is 1. The molecular formula is C6H5BN2O. The fourth-order valence-electron chi connectivity index (χ4n) is 0.520. The maximum atomic E-state index is 10.6. The summed E-state index contributed by atoms with van der Waals surface area (Å²) in [6.07, 6.45) is 2.81. The molecule has 4 heteroatoms. The molecule has 0 unspecified atom stereocenters. The van der Waals surface area contributed by atoms with Crippen molar-refractivity contribution in [1.82, 2.24) is 9.97 Å². The highest BCUT2D eigenvalue weighted by Gasteiger charge is 1.98. The number of ketones is 1. The molecular weight excluding hydrogens is 127 g/mol. The fourth-order valence-corrected chi connectivity index (χ4v) is 0.520. The molecule has 0 aliphatic rings. The Bertz CT molecular complexity index is 244. The first-order valence-electron chi connectivity index (χ1n) is 2.78. The van der Waals surface area contributed by atoms with E-state index in [2.05, 4.69) is 9.97 Å². The standard InChI is InChI=1S/C6H5BN2O/c1-4(10)6-8-2-5(7)3-9-6/h2-3H,1H3. The molecule has 1 heterocycles. The van der Waals surface area contributed by atoms with Crippen LogP contribution in [0.4, 0.5) is 0 Å². The van der Waals surface area contributed by atoms with Gasteiger partial charge < -0.3 is 0 Å². The normalized spacial score (nSPS) is 9.30. The molecule has 48 valence electrons. The molecule has 0 aliphatic carbocycles. The Labute approximate surface area is 59.9 Å². The van der Waals surface area contributed by atoms with Gasteiger partial charge in [0.15, 0.2) is 11.6 Å². The Hall–Kier alpha value is -1.19. The van der Waals surface area contributed by atoms with E-state index in [-0.39, 0.29) is 11.6 Å². The van der Waals surface area contributed by atoms with Crippen molar-refractivity contribution < 1.29 is 4.79 Å². The summed E-state index contributed by atoms with van der Waals surface area (Å²) < 4.78 is 0. The second-order valence-electron chi connectivity index (χ2n) is 1.90. The molecule has 3 nitrogen and oxygen atoms in total. The molecule has 0 saturated heterocycles. The minimum Gasteiger partial charge on any atom is -0.291 e. The van der Waals surface area contributed by atoms with Crippen molar-refractivity contribution in [3.05, 3.63) is 18.2 Å². The molecule has 0 aliphatic heterocycles. The van der Waals surface area contributed by atoms with Gasteiger partial charge in [0.25, 0.3) is 0 Å². The van der Waals surface area contributed by atoms with Crippen LogP contribution in [0.3, 0.4) is 0 Å². The zero-order valence-electron chi connectivity index (χ0n) is 5.53. The highest BCUT2D eigenvalue weighted by molar-refractivity contribution is 6.31. The van der Waals surface area contributed by atoms with Crippen LogP contribution in [0.25, 0.3) is 0 Å². The van der Waals surface area contributed by atoms with E-state index >= 15 is 0 Å². The third-order valence-corrected chi connectivity index (χ3v) is 0.987. The summed E-state index contributed by atoms with van der Waals surface area (Å²) in [5.41, 5.74) is 0.463. The van der Waals surface area contributed by atoms with Gasteiger partial charge in [-0.15, -0.1) is 0 Å². The van der Waals surface area contributed by atoms with E-state index in [1.54, 1.807) is 0 Å². The van der Waals surface area contributed by atoms with Crippen LogP contribution in [0.1, 0.15) is 17.5 Å². The van der Waals surface area contributed by atoms with Crippen molar-refractivity contribution in [2.75, 3.05) is 0 Å². The van der Waals surface area contributed by atoms with E-state index in [1.807, 2.05) is 0 Å². The molecule has 0 atom stereocenters. The first-order valence-corrected chi connectivity index (χ1v) is 2.78. The van der Waals surface area contributed by atoms with Gasteiger partial charge in [-0.05, 0) is 0 Å². The van der Waals surface area contributed by atoms with Gasteiger partial charge in [0.2, 0.25) is 0 Å². The average Bonchev–Trinajstić information content (AvgIpc) is 1.88. The van der Waals surface area contributed by atoms with Crippen LogP contribution in [0.15, 0.2) is 12.4 Å². The molecule has 0 fully saturated rings. The molecule has 0 N–H and O–H groups in total. The Kier molecular flexibility index (Phi) is 1.80. The van der Waals surface area contributed by atoms with Gasteiger partial charge >= 0.3 is 0 Å².